The van der Waals surface area contributed by atoms with Gasteiger partial charge in [0, 0.05) is 11.2 Å². The Labute approximate surface area is 145 Å². The smallest absolute Gasteiger partial charge is 0.338 e. The number of carbonyl (C=O) groups is 2. The van der Waals surface area contributed by atoms with Crippen LogP contribution in [0.1, 0.15) is 10.4 Å². The molecule has 0 aliphatic carbocycles. The number of anilines is 1. The van der Waals surface area contributed by atoms with Crippen molar-refractivity contribution in [2.75, 3.05) is 18.2 Å². The van der Waals surface area contributed by atoms with E-state index in [4.69, 9.17) is 21.4 Å². The molecule has 0 bridgehead atoms. The number of nitrogens with zero attached hydrogens (tertiary/aromatic N) is 1. The maximum absolute atomic E-state index is 12.3. The van der Waals surface area contributed by atoms with E-state index in [1.165, 1.54) is 31.5 Å². The fraction of sp³-hybridized carbons (Fsp3) is 0.133. The van der Waals surface area contributed by atoms with E-state index in [2.05, 4.69) is 10.3 Å². The molecule has 2 rings (SSSR count). The number of hydrogen-bond acceptors (Lipinski definition) is 5. The molecule has 1 amide bonds. The topological polar surface area (TPSA) is 106 Å². The summed E-state index contributed by atoms with van der Waals surface area (Å²) < 4.78 is 17.4. The van der Waals surface area contributed by atoms with Crippen molar-refractivity contribution in [2.45, 2.75) is 5.03 Å². The van der Waals surface area contributed by atoms with Gasteiger partial charge in [-0.3, -0.25) is 9.00 Å². The molecule has 1 atom stereocenters. The SMILES string of the molecule is COc1ccc(Cl)cc1NC(=O)CS(=O)c1ncccc1C(=O)O. The minimum Gasteiger partial charge on any atom is -0.495 e. The second-order valence-corrected chi connectivity index (χ2v) is 6.35. The van der Waals surface area contributed by atoms with Crippen molar-refractivity contribution in [3.8, 4) is 5.75 Å². The molecular weight excluding hydrogens is 356 g/mol. The molecule has 2 aromatic rings. The lowest BCUT2D eigenvalue weighted by molar-refractivity contribution is -0.113. The van der Waals surface area contributed by atoms with E-state index in [-0.39, 0.29) is 10.6 Å². The highest BCUT2D eigenvalue weighted by Crippen LogP contribution is 2.27. The van der Waals surface area contributed by atoms with Crippen LogP contribution in [-0.2, 0) is 15.6 Å². The molecule has 0 spiro atoms. The van der Waals surface area contributed by atoms with Crippen LogP contribution in [0.2, 0.25) is 5.02 Å². The Morgan fingerprint density at radius 2 is 2.12 bits per heavy atom. The van der Waals surface area contributed by atoms with Crippen LogP contribution in [0.3, 0.4) is 0 Å². The zero-order chi connectivity index (χ0) is 17.7. The first-order valence-electron chi connectivity index (χ1n) is 6.62. The van der Waals surface area contributed by atoms with Crippen LogP contribution in [0, 0.1) is 0 Å². The number of carbonyl (C=O) groups excluding carboxylic acids is 1. The Hall–Kier alpha value is -2.45. The Morgan fingerprint density at radius 3 is 2.79 bits per heavy atom. The van der Waals surface area contributed by atoms with Crippen molar-refractivity contribution in [1.29, 1.82) is 0 Å². The number of aromatic nitrogens is 1. The highest BCUT2D eigenvalue weighted by Gasteiger charge is 2.19. The van der Waals surface area contributed by atoms with Gasteiger partial charge in [-0.1, -0.05) is 11.6 Å². The van der Waals surface area contributed by atoms with Crippen LogP contribution in [0.15, 0.2) is 41.6 Å². The van der Waals surface area contributed by atoms with Gasteiger partial charge in [0.2, 0.25) is 5.91 Å². The fourth-order valence-corrected chi connectivity index (χ4v) is 3.08. The number of carboxylic acids is 1. The minimum absolute atomic E-state index is 0.154. The lowest BCUT2D eigenvalue weighted by atomic mass is 10.3. The summed E-state index contributed by atoms with van der Waals surface area (Å²) in [7, 11) is -0.476. The molecule has 1 aromatic carbocycles. The summed E-state index contributed by atoms with van der Waals surface area (Å²) in [6, 6.07) is 7.36. The molecule has 0 fully saturated rings. The Morgan fingerprint density at radius 1 is 1.38 bits per heavy atom. The molecule has 0 radical (unpaired) electrons. The molecule has 24 heavy (non-hydrogen) atoms. The number of methoxy groups -OCH3 is 1. The quantitative estimate of drug-likeness (QED) is 0.809. The first-order chi connectivity index (χ1) is 11.4. The lowest BCUT2D eigenvalue weighted by Gasteiger charge is -2.10. The molecule has 126 valence electrons. The van der Waals surface area contributed by atoms with Crippen LogP contribution in [0.5, 0.6) is 5.75 Å². The van der Waals surface area contributed by atoms with Crippen LogP contribution < -0.4 is 10.1 Å². The lowest BCUT2D eigenvalue weighted by Crippen LogP contribution is -2.21. The van der Waals surface area contributed by atoms with Gasteiger partial charge in [-0.25, -0.2) is 9.78 Å². The summed E-state index contributed by atoms with van der Waals surface area (Å²) in [4.78, 5) is 27.0. The Kier molecular flexibility index (Phi) is 5.88. The van der Waals surface area contributed by atoms with Gasteiger partial charge in [0.25, 0.3) is 0 Å². The summed E-state index contributed by atoms with van der Waals surface area (Å²) in [6.45, 7) is 0. The number of pyridine rings is 1. The standard InChI is InChI=1S/C15H13ClN2O5S/c1-23-12-5-4-9(16)7-11(12)18-13(19)8-24(22)14-10(15(20)21)3-2-6-17-14/h2-7H,8H2,1H3,(H,18,19)(H,20,21). The second kappa shape index (κ2) is 7.89. The number of carboxylic acid groups (broad SMARTS) is 1. The van der Waals surface area contributed by atoms with Crippen molar-refractivity contribution in [2.24, 2.45) is 0 Å². The van der Waals surface area contributed by atoms with E-state index in [0.29, 0.717) is 16.5 Å². The maximum Gasteiger partial charge on any atom is 0.338 e. The molecular formula is C15H13ClN2O5S. The number of rotatable bonds is 6. The Balaban J connectivity index is 2.15. The van der Waals surface area contributed by atoms with Gasteiger partial charge < -0.3 is 15.2 Å². The highest BCUT2D eigenvalue weighted by atomic mass is 35.5. The average Bonchev–Trinajstić information content (AvgIpc) is 2.54. The molecule has 0 saturated heterocycles. The number of amides is 1. The average molecular weight is 369 g/mol. The second-order valence-electron chi connectivity index (χ2n) is 4.54. The molecule has 2 N–H and O–H groups in total. The van der Waals surface area contributed by atoms with Crippen molar-refractivity contribution in [3.05, 3.63) is 47.1 Å². The summed E-state index contributed by atoms with van der Waals surface area (Å²) >= 11 is 5.87. The van der Waals surface area contributed by atoms with Crippen LogP contribution >= 0.6 is 11.6 Å². The molecule has 1 heterocycles. The predicted octanol–water partition coefficient (Wildman–Crippen LogP) is 2.19. The minimum atomic E-state index is -1.91. The number of halogens is 1. The first-order valence-corrected chi connectivity index (χ1v) is 8.32. The summed E-state index contributed by atoms with van der Waals surface area (Å²) in [5, 5.41) is 11.9. The predicted molar refractivity (Wildman–Crippen MR) is 89.1 cm³/mol. The normalized spacial score (nSPS) is 11.6. The van der Waals surface area contributed by atoms with Crippen molar-refractivity contribution in [3.63, 3.8) is 0 Å². The van der Waals surface area contributed by atoms with Gasteiger partial charge in [-0.2, -0.15) is 0 Å². The van der Waals surface area contributed by atoms with Crippen LogP contribution in [0.25, 0.3) is 0 Å². The third-order valence-corrected chi connectivity index (χ3v) is 4.43. The first kappa shape index (κ1) is 17.9. The van der Waals surface area contributed by atoms with Gasteiger partial charge >= 0.3 is 5.97 Å². The van der Waals surface area contributed by atoms with E-state index in [0.717, 1.165) is 0 Å². The van der Waals surface area contributed by atoms with Crippen LogP contribution in [0.4, 0.5) is 5.69 Å². The number of aromatic carboxylic acids is 1. The zero-order valence-electron chi connectivity index (χ0n) is 12.5. The Bertz CT molecular complexity index is 812. The molecule has 1 aromatic heterocycles. The molecule has 0 aliphatic rings. The van der Waals surface area contributed by atoms with Crippen molar-refractivity contribution in [1.82, 2.24) is 4.98 Å². The van der Waals surface area contributed by atoms with Gasteiger partial charge in [0.05, 0.1) is 29.2 Å². The number of hydrogen-bond donors (Lipinski definition) is 2. The summed E-state index contributed by atoms with van der Waals surface area (Å²) in [5.41, 5.74) is 0.121. The monoisotopic (exact) mass is 368 g/mol. The van der Waals surface area contributed by atoms with Crippen LogP contribution in [-0.4, -0.2) is 39.0 Å². The molecule has 0 saturated carbocycles. The third kappa shape index (κ3) is 4.30. The van der Waals surface area contributed by atoms with E-state index in [1.54, 1.807) is 12.1 Å². The molecule has 0 aliphatic heterocycles. The van der Waals surface area contributed by atoms with Gasteiger partial charge in [-0.15, -0.1) is 0 Å². The molecule has 7 nitrogen and oxygen atoms in total. The number of benzene rings is 1. The van der Waals surface area contributed by atoms with Crippen molar-refractivity contribution < 1.29 is 23.6 Å². The number of nitrogens with one attached hydrogen (secondary N) is 1. The molecule has 1 unspecified atom stereocenters. The number of ether oxygens (including phenoxy) is 1. The summed E-state index contributed by atoms with van der Waals surface area (Å²) in [6.07, 6.45) is 1.32. The largest absolute Gasteiger partial charge is 0.495 e. The summed E-state index contributed by atoms with van der Waals surface area (Å²) in [5.74, 6) is -1.91. The van der Waals surface area contributed by atoms with E-state index in [9.17, 15) is 13.8 Å². The van der Waals surface area contributed by atoms with Gasteiger partial charge in [0.15, 0.2) is 0 Å². The van der Waals surface area contributed by atoms with E-state index < -0.39 is 28.4 Å². The zero-order valence-corrected chi connectivity index (χ0v) is 14.1. The van der Waals surface area contributed by atoms with Crippen molar-refractivity contribution >= 4 is 40.0 Å². The fourth-order valence-electron chi connectivity index (χ4n) is 1.89. The van der Waals surface area contributed by atoms with E-state index in [1.807, 2.05) is 0 Å². The van der Waals surface area contributed by atoms with Gasteiger partial charge in [-0.05, 0) is 30.3 Å². The maximum atomic E-state index is 12.3. The highest BCUT2D eigenvalue weighted by molar-refractivity contribution is 7.85. The van der Waals surface area contributed by atoms with E-state index >= 15 is 0 Å². The molecule has 9 heteroatoms. The van der Waals surface area contributed by atoms with Gasteiger partial charge in [0.1, 0.15) is 16.5 Å². The third-order valence-electron chi connectivity index (χ3n) is 2.92.